The monoisotopic (exact) mass is 337 g/mol. The number of carbonyl (C=O) groups excluding carboxylic acids is 2. The van der Waals surface area contributed by atoms with Gasteiger partial charge >= 0.3 is 0 Å². The number of benzene rings is 2. The predicted molar refractivity (Wildman–Crippen MR) is 101 cm³/mol. The van der Waals surface area contributed by atoms with E-state index in [1.54, 1.807) is 0 Å². The summed E-state index contributed by atoms with van der Waals surface area (Å²) < 4.78 is 0. The minimum atomic E-state index is -0.286. The van der Waals surface area contributed by atoms with E-state index in [4.69, 9.17) is 0 Å². The summed E-state index contributed by atoms with van der Waals surface area (Å²) in [6.07, 6.45) is 0.196. The van der Waals surface area contributed by atoms with E-state index in [-0.39, 0.29) is 24.7 Å². The third-order valence-electron chi connectivity index (χ3n) is 3.77. The number of amides is 2. The van der Waals surface area contributed by atoms with Crippen LogP contribution in [-0.2, 0) is 9.59 Å². The zero-order valence-corrected chi connectivity index (χ0v) is 14.8. The zero-order valence-electron chi connectivity index (χ0n) is 14.8. The Labute approximate surface area is 148 Å². The van der Waals surface area contributed by atoms with Crippen LogP contribution in [0.15, 0.2) is 53.6 Å². The highest BCUT2D eigenvalue weighted by atomic mass is 16.2. The average Bonchev–Trinajstić information content (AvgIpc) is 2.61. The Hall–Kier alpha value is -2.95. The van der Waals surface area contributed by atoms with E-state index >= 15 is 0 Å². The average molecular weight is 337 g/mol. The Morgan fingerprint density at radius 2 is 1.64 bits per heavy atom. The van der Waals surface area contributed by atoms with Crippen LogP contribution in [0, 0.1) is 13.8 Å². The molecule has 0 unspecified atom stereocenters. The van der Waals surface area contributed by atoms with Gasteiger partial charge in [0.25, 0.3) is 0 Å². The van der Waals surface area contributed by atoms with Crippen LogP contribution in [0.5, 0.6) is 0 Å². The minimum absolute atomic E-state index is 0.0856. The molecule has 0 saturated carbocycles. The third-order valence-corrected chi connectivity index (χ3v) is 3.77. The molecule has 2 rings (SSSR count). The van der Waals surface area contributed by atoms with Gasteiger partial charge in [-0.1, -0.05) is 48.0 Å². The number of rotatable bonds is 6. The van der Waals surface area contributed by atoms with Gasteiger partial charge in [0.1, 0.15) is 0 Å². The lowest BCUT2D eigenvalue weighted by molar-refractivity contribution is -0.124. The lowest BCUT2D eigenvalue weighted by Crippen LogP contribution is -2.22. The second-order valence-corrected chi connectivity index (χ2v) is 5.96. The van der Waals surface area contributed by atoms with E-state index in [1.807, 2.05) is 69.3 Å². The van der Waals surface area contributed by atoms with Gasteiger partial charge in [-0.15, -0.1) is 0 Å². The Morgan fingerprint density at radius 3 is 2.32 bits per heavy atom. The Bertz CT molecular complexity index is 783. The molecule has 5 heteroatoms. The van der Waals surface area contributed by atoms with Crippen LogP contribution in [0.2, 0.25) is 0 Å². The van der Waals surface area contributed by atoms with Crippen LogP contribution in [0.25, 0.3) is 0 Å². The van der Waals surface area contributed by atoms with E-state index < -0.39 is 0 Å². The van der Waals surface area contributed by atoms with E-state index in [0.717, 1.165) is 22.4 Å². The number of aryl methyl sites for hydroxylation is 2. The van der Waals surface area contributed by atoms with Gasteiger partial charge in [0.15, 0.2) is 0 Å². The van der Waals surface area contributed by atoms with Gasteiger partial charge < -0.3 is 5.32 Å². The molecule has 2 aromatic rings. The van der Waals surface area contributed by atoms with Crippen molar-refractivity contribution in [3.05, 3.63) is 65.2 Å². The largest absolute Gasteiger partial charge is 0.326 e. The topological polar surface area (TPSA) is 70.6 Å². The van der Waals surface area contributed by atoms with Crippen molar-refractivity contribution < 1.29 is 9.59 Å². The molecular weight excluding hydrogens is 314 g/mol. The van der Waals surface area contributed by atoms with Crippen molar-refractivity contribution in [2.24, 2.45) is 5.10 Å². The molecule has 0 bridgehead atoms. The highest BCUT2D eigenvalue weighted by molar-refractivity contribution is 5.99. The molecule has 2 N–H and O–H groups in total. The van der Waals surface area contributed by atoms with Crippen molar-refractivity contribution in [2.45, 2.75) is 33.6 Å². The molecule has 0 aliphatic rings. The summed E-state index contributed by atoms with van der Waals surface area (Å²) in [6.45, 7) is 5.76. The van der Waals surface area contributed by atoms with Crippen molar-refractivity contribution in [1.29, 1.82) is 0 Å². The summed E-state index contributed by atoms with van der Waals surface area (Å²) in [7, 11) is 0. The van der Waals surface area contributed by atoms with Crippen LogP contribution >= 0.6 is 0 Å². The number of anilines is 1. The van der Waals surface area contributed by atoms with Gasteiger partial charge in [0, 0.05) is 18.5 Å². The highest BCUT2D eigenvalue weighted by Gasteiger charge is 2.08. The summed E-state index contributed by atoms with van der Waals surface area (Å²) in [5.74, 6) is -0.475. The molecule has 5 nitrogen and oxygen atoms in total. The van der Waals surface area contributed by atoms with Crippen molar-refractivity contribution in [1.82, 2.24) is 5.43 Å². The van der Waals surface area contributed by atoms with Crippen molar-refractivity contribution in [3.8, 4) is 0 Å². The van der Waals surface area contributed by atoms with Crippen LogP contribution in [0.3, 0.4) is 0 Å². The molecule has 0 heterocycles. The second kappa shape index (κ2) is 8.78. The first-order chi connectivity index (χ1) is 12.0. The zero-order chi connectivity index (χ0) is 18.2. The summed E-state index contributed by atoms with van der Waals surface area (Å²) in [5, 5.41) is 6.89. The Morgan fingerprint density at radius 1 is 0.960 bits per heavy atom. The molecule has 130 valence electrons. The number of hydrazone groups is 1. The maximum absolute atomic E-state index is 12.0. The number of carbonyl (C=O) groups is 2. The van der Waals surface area contributed by atoms with Crippen LogP contribution in [0.4, 0.5) is 5.69 Å². The lowest BCUT2D eigenvalue weighted by atomic mass is 10.1. The molecule has 0 aliphatic carbocycles. The van der Waals surface area contributed by atoms with Gasteiger partial charge in [0.05, 0.1) is 5.71 Å². The molecule has 2 aromatic carbocycles. The fraction of sp³-hybridized carbons (Fsp3) is 0.250. The number of nitrogens with zero attached hydrogens (tertiary/aromatic N) is 1. The van der Waals surface area contributed by atoms with Gasteiger partial charge in [-0.2, -0.15) is 5.10 Å². The summed E-state index contributed by atoms with van der Waals surface area (Å²) >= 11 is 0. The maximum Gasteiger partial charge on any atom is 0.240 e. The van der Waals surface area contributed by atoms with Gasteiger partial charge in [0.2, 0.25) is 11.8 Å². The number of nitrogens with one attached hydrogen (secondary N) is 2. The molecule has 0 fully saturated rings. The minimum Gasteiger partial charge on any atom is -0.326 e. The first kappa shape index (κ1) is 18.4. The van der Waals surface area contributed by atoms with Crippen molar-refractivity contribution in [3.63, 3.8) is 0 Å². The normalized spacial score (nSPS) is 11.1. The smallest absolute Gasteiger partial charge is 0.240 e. The third kappa shape index (κ3) is 5.88. The fourth-order valence-corrected chi connectivity index (χ4v) is 2.34. The molecule has 0 atom stereocenters. The molecule has 0 radical (unpaired) electrons. The quantitative estimate of drug-likeness (QED) is 0.625. The molecule has 0 aliphatic heterocycles. The predicted octanol–water partition coefficient (Wildman–Crippen LogP) is 3.56. The van der Waals surface area contributed by atoms with Crippen LogP contribution in [-0.4, -0.2) is 17.5 Å². The van der Waals surface area contributed by atoms with E-state index in [9.17, 15) is 9.59 Å². The van der Waals surface area contributed by atoms with Gasteiger partial charge in [-0.25, -0.2) is 5.43 Å². The maximum atomic E-state index is 12.0. The van der Waals surface area contributed by atoms with Crippen LogP contribution in [0.1, 0.15) is 36.5 Å². The fourth-order valence-electron chi connectivity index (χ4n) is 2.34. The Kier molecular flexibility index (Phi) is 6.46. The number of hydrogen-bond donors (Lipinski definition) is 2. The Balaban J connectivity index is 1.80. The molecule has 2 amide bonds. The second-order valence-electron chi connectivity index (χ2n) is 5.96. The number of hydrogen-bond acceptors (Lipinski definition) is 3. The van der Waals surface area contributed by atoms with E-state index in [1.165, 1.54) is 0 Å². The van der Waals surface area contributed by atoms with E-state index in [0.29, 0.717) is 5.71 Å². The van der Waals surface area contributed by atoms with Crippen LogP contribution < -0.4 is 10.7 Å². The highest BCUT2D eigenvalue weighted by Crippen LogP contribution is 2.16. The molecule has 0 spiro atoms. The molecule has 25 heavy (non-hydrogen) atoms. The molecular formula is C20H23N3O2. The first-order valence-corrected chi connectivity index (χ1v) is 8.21. The molecule has 0 aromatic heterocycles. The SMILES string of the molecule is CC(=NNC(=O)CCC(=O)Nc1ccc(C)cc1C)c1ccccc1. The van der Waals surface area contributed by atoms with Gasteiger partial charge in [-0.05, 0) is 38.0 Å². The summed E-state index contributed by atoms with van der Waals surface area (Å²) in [5.41, 5.74) is 7.06. The van der Waals surface area contributed by atoms with E-state index in [2.05, 4.69) is 15.8 Å². The molecule has 0 saturated heterocycles. The van der Waals surface area contributed by atoms with Gasteiger partial charge in [-0.3, -0.25) is 9.59 Å². The summed E-state index contributed by atoms with van der Waals surface area (Å²) in [6, 6.07) is 15.4. The standard InChI is InChI=1S/C20H23N3O2/c1-14-9-10-18(15(2)13-14)21-19(24)11-12-20(25)23-22-16(3)17-7-5-4-6-8-17/h4-10,13H,11-12H2,1-3H3,(H,21,24)(H,23,25). The summed E-state index contributed by atoms with van der Waals surface area (Å²) in [4.78, 5) is 23.8. The van der Waals surface area contributed by atoms with Crippen molar-refractivity contribution >= 4 is 23.2 Å². The van der Waals surface area contributed by atoms with Crippen molar-refractivity contribution in [2.75, 3.05) is 5.32 Å². The lowest BCUT2D eigenvalue weighted by Gasteiger charge is -2.09. The first-order valence-electron chi connectivity index (χ1n) is 8.21.